The predicted molar refractivity (Wildman–Crippen MR) is 69.0 cm³/mol. The summed E-state index contributed by atoms with van der Waals surface area (Å²) in [7, 11) is 1.54. The molecule has 0 atom stereocenters. The quantitative estimate of drug-likeness (QED) is 0.853. The lowest BCUT2D eigenvalue weighted by molar-refractivity contribution is 0.0991. The van der Waals surface area contributed by atoms with Crippen LogP contribution < -0.4 is 11.4 Å². The first-order valence-electron chi connectivity index (χ1n) is 5.58. The number of primary amides is 1. The Bertz CT molecular complexity index is 663. The highest BCUT2D eigenvalue weighted by atomic mass is 16.2. The van der Waals surface area contributed by atoms with Gasteiger partial charge in [0.05, 0.1) is 11.4 Å². The Hall–Kier alpha value is -2.30. The molecular weight excluding hydrogens is 230 g/mol. The number of hydrogen-bond donors (Lipinski definition) is 1. The van der Waals surface area contributed by atoms with Crippen molar-refractivity contribution in [2.75, 3.05) is 0 Å². The van der Waals surface area contributed by atoms with Crippen molar-refractivity contribution in [3.8, 4) is 5.69 Å². The zero-order valence-corrected chi connectivity index (χ0v) is 10.6. The summed E-state index contributed by atoms with van der Waals surface area (Å²) in [6.45, 7) is 3.68. The molecule has 2 aromatic rings. The Kier molecular flexibility index (Phi) is 2.82. The van der Waals surface area contributed by atoms with Gasteiger partial charge in [0.2, 0.25) is 0 Å². The molecule has 1 aromatic heterocycles. The van der Waals surface area contributed by atoms with E-state index >= 15 is 0 Å². The Balaban J connectivity index is 2.73. The third-order valence-corrected chi connectivity index (χ3v) is 3.02. The average molecular weight is 245 g/mol. The third kappa shape index (κ3) is 1.73. The van der Waals surface area contributed by atoms with Crippen LogP contribution in [0.2, 0.25) is 0 Å². The molecular formula is C13H15N3O2. The molecule has 0 aliphatic rings. The molecule has 0 fully saturated rings. The molecule has 0 unspecified atom stereocenters. The second-order valence-electron chi connectivity index (χ2n) is 4.31. The Labute approximate surface area is 104 Å². The molecule has 5 heteroatoms. The number of nitrogens with two attached hydrogens (primary N) is 1. The molecule has 2 rings (SSSR count). The lowest BCUT2D eigenvalue weighted by atomic mass is 10.2. The number of hydrogen-bond acceptors (Lipinski definition) is 2. The number of nitrogens with zero attached hydrogens (tertiary/aromatic N) is 2. The molecule has 0 saturated heterocycles. The predicted octanol–water partition coefficient (Wildman–Crippen LogP) is 0.892. The Morgan fingerprint density at radius 1 is 1.17 bits per heavy atom. The van der Waals surface area contributed by atoms with E-state index in [1.165, 1.54) is 9.13 Å². The number of aryl methyl sites for hydroxylation is 1. The van der Waals surface area contributed by atoms with Crippen LogP contribution in [-0.4, -0.2) is 15.0 Å². The topological polar surface area (TPSA) is 70.0 Å². The van der Waals surface area contributed by atoms with Crippen LogP contribution in [0.25, 0.3) is 5.69 Å². The number of carbonyl (C=O) groups excluding carboxylic acids is 1. The molecule has 0 radical (unpaired) electrons. The Morgan fingerprint density at radius 2 is 1.72 bits per heavy atom. The molecule has 0 saturated carbocycles. The number of benzene rings is 1. The van der Waals surface area contributed by atoms with Gasteiger partial charge in [0.15, 0.2) is 0 Å². The van der Waals surface area contributed by atoms with Crippen molar-refractivity contribution in [3.63, 3.8) is 0 Å². The zero-order valence-electron chi connectivity index (χ0n) is 10.6. The molecule has 1 aromatic carbocycles. The van der Waals surface area contributed by atoms with E-state index in [-0.39, 0.29) is 11.4 Å². The lowest BCUT2D eigenvalue weighted by Gasteiger charge is -2.04. The van der Waals surface area contributed by atoms with E-state index < -0.39 is 5.91 Å². The maximum absolute atomic E-state index is 12.1. The molecule has 1 heterocycles. The summed E-state index contributed by atoms with van der Waals surface area (Å²) in [6, 6.07) is 7.51. The number of carbonyl (C=O) groups is 1. The first-order valence-corrected chi connectivity index (χ1v) is 5.58. The van der Waals surface area contributed by atoms with Gasteiger partial charge in [0.1, 0.15) is 5.69 Å². The molecule has 5 nitrogen and oxygen atoms in total. The Morgan fingerprint density at radius 3 is 2.17 bits per heavy atom. The van der Waals surface area contributed by atoms with Gasteiger partial charge in [0, 0.05) is 7.05 Å². The number of aromatic nitrogens is 2. The normalized spacial score (nSPS) is 10.6. The first-order chi connectivity index (χ1) is 8.43. The minimum Gasteiger partial charge on any atom is -0.364 e. The van der Waals surface area contributed by atoms with Crippen molar-refractivity contribution >= 4 is 5.91 Å². The SMILES string of the molecule is Cc1ccc(-n2c(C)c(C(N)=O)n(C)c2=O)cc1. The highest BCUT2D eigenvalue weighted by Crippen LogP contribution is 2.13. The molecule has 94 valence electrons. The minimum absolute atomic E-state index is 0.237. The van der Waals surface area contributed by atoms with Crippen molar-refractivity contribution in [1.29, 1.82) is 0 Å². The van der Waals surface area contributed by atoms with E-state index in [1.807, 2.05) is 31.2 Å². The zero-order chi connectivity index (χ0) is 13.4. The number of amides is 1. The fourth-order valence-electron chi connectivity index (χ4n) is 2.08. The van der Waals surface area contributed by atoms with Crippen LogP contribution in [0.4, 0.5) is 0 Å². The lowest BCUT2D eigenvalue weighted by Crippen LogP contribution is -2.24. The maximum atomic E-state index is 12.1. The summed E-state index contributed by atoms with van der Waals surface area (Å²) in [5, 5.41) is 0. The van der Waals surface area contributed by atoms with E-state index in [1.54, 1.807) is 14.0 Å². The molecule has 1 amide bonds. The summed E-state index contributed by atoms with van der Waals surface area (Å²) >= 11 is 0. The van der Waals surface area contributed by atoms with Crippen molar-refractivity contribution in [1.82, 2.24) is 9.13 Å². The van der Waals surface area contributed by atoms with E-state index in [0.717, 1.165) is 11.3 Å². The van der Waals surface area contributed by atoms with Gasteiger partial charge < -0.3 is 5.73 Å². The van der Waals surface area contributed by atoms with Gasteiger partial charge in [-0.3, -0.25) is 13.9 Å². The maximum Gasteiger partial charge on any atom is 0.333 e. The van der Waals surface area contributed by atoms with Gasteiger partial charge in [-0.05, 0) is 26.0 Å². The van der Waals surface area contributed by atoms with Crippen LogP contribution in [0.15, 0.2) is 29.1 Å². The van der Waals surface area contributed by atoms with Gasteiger partial charge >= 0.3 is 5.69 Å². The highest BCUT2D eigenvalue weighted by Gasteiger charge is 2.18. The number of rotatable bonds is 2. The minimum atomic E-state index is -0.599. The van der Waals surface area contributed by atoms with Crippen LogP contribution >= 0.6 is 0 Å². The fourth-order valence-corrected chi connectivity index (χ4v) is 2.08. The highest BCUT2D eigenvalue weighted by molar-refractivity contribution is 5.92. The smallest absolute Gasteiger partial charge is 0.333 e. The monoisotopic (exact) mass is 245 g/mol. The van der Waals surface area contributed by atoms with Gasteiger partial charge in [0.25, 0.3) is 5.91 Å². The van der Waals surface area contributed by atoms with E-state index in [2.05, 4.69) is 0 Å². The van der Waals surface area contributed by atoms with Crippen LogP contribution in [0, 0.1) is 13.8 Å². The summed E-state index contributed by atoms with van der Waals surface area (Å²) in [5.74, 6) is -0.599. The van der Waals surface area contributed by atoms with Gasteiger partial charge in [-0.2, -0.15) is 0 Å². The average Bonchev–Trinajstić information content (AvgIpc) is 2.52. The largest absolute Gasteiger partial charge is 0.364 e. The first kappa shape index (κ1) is 12.2. The van der Waals surface area contributed by atoms with E-state index in [9.17, 15) is 9.59 Å². The van der Waals surface area contributed by atoms with Crippen LogP contribution in [0.3, 0.4) is 0 Å². The van der Waals surface area contributed by atoms with E-state index in [4.69, 9.17) is 5.73 Å². The molecule has 0 aliphatic carbocycles. The standard InChI is InChI=1S/C13H15N3O2/c1-8-4-6-10(7-5-8)16-9(2)11(12(14)17)15(3)13(16)18/h4-7H,1-3H3,(H2,14,17). The van der Waals surface area contributed by atoms with Crippen molar-refractivity contribution in [2.45, 2.75) is 13.8 Å². The van der Waals surface area contributed by atoms with Crippen LogP contribution in [0.1, 0.15) is 21.7 Å². The van der Waals surface area contributed by atoms with Crippen molar-refractivity contribution in [2.24, 2.45) is 12.8 Å². The molecule has 18 heavy (non-hydrogen) atoms. The molecule has 0 bridgehead atoms. The molecule has 0 aliphatic heterocycles. The van der Waals surface area contributed by atoms with E-state index in [0.29, 0.717) is 5.69 Å². The fraction of sp³-hybridized carbons (Fsp3) is 0.231. The van der Waals surface area contributed by atoms with Crippen LogP contribution in [-0.2, 0) is 7.05 Å². The third-order valence-electron chi connectivity index (χ3n) is 3.02. The van der Waals surface area contributed by atoms with Gasteiger partial charge in [-0.1, -0.05) is 17.7 Å². The number of imidazole rings is 1. The second kappa shape index (κ2) is 4.18. The van der Waals surface area contributed by atoms with Crippen LogP contribution in [0.5, 0.6) is 0 Å². The van der Waals surface area contributed by atoms with Crippen molar-refractivity contribution in [3.05, 3.63) is 51.7 Å². The molecule has 0 spiro atoms. The summed E-state index contributed by atoms with van der Waals surface area (Å²) in [6.07, 6.45) is 0. The van der Waals surface area contributed by atoms with Gasteiger partial charge in [-0.25, -0.2) is 4.79 Å². The van der Waals surface area contributed by atoms with Crippen molar-refractivity contribution < 1.29 is 4.79 Å². The molecule has 2 N–H and O–H groups in total. The second-order valence-corrected chi connectivity index (χ2v) is 4.31. The summed E-state index contributed by atoms with van der Waals surface area (Å²) < 4.78 is 2.76. The summed E-state index contributed by atoms with van der Waals surface area (Å²) in [5.41, 5.74) is 7.64. The summed E-state index contributed by atoms with van der Waals surface area (Å²) in [4.78, 5) is 23.5. The van der Waals surface area contributed by atoms with Gasteiger partial charge in [-0.15, -0.1) is 0 Å².